The van der Waals surface area contributed by atoms with E-state index in [-0.39, 0.29) is 5.91 Å². The van der Waals surface area contributed by atoms with Crippen molar-refractivity contribution in [1.82, 2.24) is 9.88 Å². The number of nitrogens with zero attached hydrogens (tertiary/aromatic N) is 2. The summed E-state index contributed by atoms with van der Waals surface area (Å²) in [5.74, 6) is -1.22. The molecule has 3 N–H and O–H groups in total. The highest BCUT2D eigenvalue weighted by Crippen LogP contribution is 2.32. The minimum absolute atomic E-state index is 0.258. The molecule has 0 radical (unpaired) electrons. The van der Waals surface area contributed by atoms with Gasteiger partial charge < -0.3 is 15.7 Å². The minimum atomic E-state index is -1.13. The Morgan fingerprint density at radius 1 is 1.48 bits per heavy atom. The van der Waals surface area contributed by atoms with Crippen molar-refractivity contribution in [3.8, 4) is 0 Å². The summed E-state index contributed by atoms with van der Waals surface area (Å²) < 4.78 is 0.828. The zero-order chi connectivity index (χ0) is 15.2. The monoisotopic (exact) mass is 305 g/mol. The van der Waals surface area contributed by atoms with Crippen molar-refractivity contribution in [3.63, 3.8) is 0 Å². The third-order valence-electron chi connectivity index (χ3n) is 4.00. The number of carboxylic acids is 1. The molecule has 0 bridgehead atoms. The van der Waals surface area contributed by atoms with Crippen molar-refractivity contribution in [3.05, 3.63) is 23.8 Å². The van der Waals surface area contributed by atoms with E-state index < -0.39 is 11.5 Å². The average Bonchev–Trinajstić information content (AvgIpc) is 2.99. The number of hydrogen-bond donors (Lipinski definition) is 2. The Kier molecular flexibility index (Phi) is 3.09. The van der Waals surface area contributed by atoms with Gasteiger partial charge in [-0.25, -0.2) is 9.78 Å². The van der Waals surface area contributed by atoms with Crippen LogP contribution < -0.4 is 5.73 Å². The van der Waals surface area contributed by atoms with Crippen LogP contribution in [-0.2, 0) is 4.79 Å². The summed E-state index contributed by atoms with van der Waals surface area (Å²) in [6.45, 7) is 2.06. The summed E-state index contributed by atoms with van der Waals surface area (Å²) in [6, 6.07) is 5.14. The molecular formula is C14H15N3O3S. The van der Waals surface area contributed by atoms with Crippen LogP contribution in [0, 0.1) is 0 Å². The van der Waals surface area contributed by atoms with E-state index in [1.165, 1.54) is 16.2 Å². The molecule has 0 aliphatic carbocycles. The van der Waals surface area contributed by atoms with E-state index in [2.05, 4.69) is 4.98 Å². The van der Waals surface area contributed by atoms with E-state index in [9.17, 15) is 14.7 Å². The third-order valence-corrected chi connectivity index (χ3v) is 4.85. The van der Waals surface area contributed by atoms with Gasteiger partial charge in [-0.15, -0.1) is 0 Å². The van der Waals surface area contributed by atoms with Gasteiger partial charge in [0.25, 0.3) is 5.91 Å². The van der Waals surface area contributed by atoms with Crippen LogP contribution in [0.15, 0.2) is 18.2 Å². The molecule has 0 saturated carbocycles. The topological polar surface area (TPSA) is 96.5 Å². The maximum absolute atomic E-state index is 12.6. The van der Waals surface area contributed by atoms with Crippen LogP contribution in [0.1, 0.15) is 30.1 Å². The highest BCUT2D eigenvalue weighted by Gasteiger charge is 2.46. The molecule has 1 aromatic carbocycles. The van der Waals surface area contributed by atoms with Gasteiger partial charge in [0.05, 0.1) is 10.2 Å². The number of carbonyl (C=O) groups excluding carboxylic acids is 1. The molecule has 1 atom stereocenters. The number of hydrogen-bond acceptors (Lipinski definition) is 5. The first-order chi connectivity index (χ1) is 9.91. The zero-order valence-electron chi connectivity index (χ0n) is 11.5. The zero-order valence-corrected chi connectivity index (χ0v) is 12.3. The van der Waals surface area contributed by atoms with Crippen LogP contribution in [-0.4, -0.2) is 39.0 Å². The Morgan fingerprint density at radius 2 is 2.24 bits per heavy atom. The smallest absolute Gasteiger partial charge is 0.329 e. The Labute approximate surface area is 125 Å². The molecule has 2 heterocycles. The maximum atomic E-state index is 12.6. The highest BCUT2D eigenvalue weighted by atomic mass is 32.1. The average molecular weight is 305 g/mol. The van der Waals surface area contributed by atoms with E-state index >= 15 is 0 Å². The lowest BCUT2D eigenvalue weighted by Crippen LogP contribution is -2.50. The van der Waals surface area contributed by atoms with Crippen molar-refractivity contribution in [2.45, 2.75) is 25.3 Å². The summed E-state index contributed by atoms with van der Waals surface area (Å²) in [6.07, 6.45) is 1.17. The van der Waals surface area contributed by atoms with Crippen molar-refractivity contribution < 1.29 is 14.7 Å². The van der Waals surface area contributed by atoms with Crippen molar-refractivity contribution in [2.24, 2.45) is 0 Å². The lowest BCUT2D eigenvalue weighted by atomic mass is 9.98. The van der Waals surface area contributed by atoms with Gasteiger partial charge in [-0.1, -0.05) is 11.3 Å². The Morgan fingerprint density at radius 3 is 2.95 bits per heavy atom. The molecule has 3 rings (SSSR count). The minimum Gasteiger partial charge on any atom is -0.480 e. The van der Waals surface area contributed by atoms with Gasteiger partial charge in [-0.2, -0.15) is 0 Å². The standard InChI is InChI=1S/C14H15N3O3S/c1-14(12(19)20)5-2-6-17(14)11(18)8-3-4-9-10(7-8)21-13(15)16-9/h3-4,7H,2,5-6H2,1H3,(H2,15,16)(H,19,20). The van der Waals surface area contributed by atoms with Crippen LogP contribution in [0.2, 0.25) is 0 Å². The number of carbonyl (C=O) groups is 2. The number of amides is 1. The SMILES string of the molecule is CC1(C(=O)O)CCCN1C(=O)c1ccc2nc(N)sc2c1. The van der Waals surface area contributed by atoms with E-state index in [0.29, 0.717) is 30.1 Å². The van der Waals surface area contributed by atoms with E-state index in [1.807, 2.05) is 0 Å². The molecular weight excluding hydrogens is 290 g/mol. The Hall–Kier alpha value is -2.15. The first-order valence-electron chi connectivity index (χ1n) is 6.63. The van der Waals surface area contributed by atoms with Gasteiger partial charge in [-0.05, 0) is 38.0 Å². The van der Waals surface area contributed by atoms with Crippen molar-refractivity contribution in [1.29, 1.82) is 0 Å². The number of aliphatic carboxylic acids is 1. The molecule has 1 aromatic heterocycles. The fourth-order valence-electron chi connectivity index (χ4n) is 2.74. The number of likely N-dealkylation sites (tertiary alicyclic amines) is 1. The highest BCUT2D eigenvalue weighted by molar-refractivity contribution is 7.22. The molecule has 1 amide bonds. The molecule has 21 heavy (non-hydrogen) atoms. The molecule has 6 nitrogen and oxygen atoms in total. The first kappa shape index (κ1) is 13.8. The predicted molar refractivity (Wildman–Crippen MR) is 80.3 cm³/mol. The Balaban J connectivity index is 1.98. The summed E-state index contributed by atoms with van der Waals surface area (Å²) >= 11 is 1.31. The molecule has 1 fully saturated rings. The number of nitrogen functional groups attached to an aromatic ring is 1. The van der Waals surface area contributed by atoms with Crippen LogP contribution in [0.5, 0.6) is 0 Å². The van der Waals surface area contributed by atoms with E-state index in [1.54, 1.807) is 25.1 Å². The normalized spacial score (nSPS) is 21.9. The summed E-state index contributed by atoms with van der Waals surface area (Å²) in [5.41, 5.74) is 5.75. The lowest BCUT2D eigenvalue weighted by molar-refractivity contribution is -0.147. The number of nitrogens with two attached hydrogens (primary N) is 1. The molecule has 1 aliphatic rings. The van der Waals surface area contributed by atoms with Gasteiger partial charge in [0, 0.05) is 12.1 Å². The first-order valence-corrected chi connectivity index (χ1v) is 7.45. The van der Waals surface area contributed by atoms with E-state index in [4.69, 9.17) is 5.73 Å². The number of thiazole rings is 1. The second-order valence-electron chi connectivity index (χ2n) is 5.37. The van der Waals surface area contributed by atoms with Crippen LogP contribution in [0.3, 0.4) is 0 Å². The van der Waals surface area contributed by atoms with Crippen LogP contribution >= 0.6 is 11.3 Å². The molecule has 1 unspecified atom stereocenters. The van der Waals surface area contributed by atoms with Crippen molar-refractivity contribution >= 4 is 38.6 Å². The van der Waals surface area contributed by atoms with Gasteiger partial charge in [-0.3, -0.25) is 4.79 Å². The number of fused-ring (bicyclic) bond motifs is 1. The third kappa shape index (κ3) is 2.13. The van der Waals surface area contributed by atoms with Gasteiger partial charge >= 0.3 is 5.97 Å². The summed E-state index contributed by atoms with van der Waals surface area (Å²) in [4.78, 5) is 29.7. The summed E-state index contributed by atoms with van der Waals surface area (Å²) in [5, 5.41) is 9.85. The quantitative estimate of drug-likeness (QED) is 0.884. The van der Waals surface area contributed by atoms with Crippen LogP contribution in [0.4, 0.5) is 5.13 Å². The van der Waals surface area contributed by atoms with Gasteiger partial charge in [0.1, 0.15) is 5.54 Å². The largest absolute Gasteiger partial charge is 0.480 e. The fraction of sp³-hybridized carbons (Fsp3) is 0.357. The predicted octanol–water partition coefficient (Wildman–Crippen LogP) is 1.96. The van der Waals surface area contributed by atoms with Gasteiger partial charge in [0.2, 0.25) is 0 Å². The number of rotatable bonds is 2. The summed E-state index contributed by atoms with van der Waals surface area (Å²) in [7, 11) is 0. The maximum Gasteiger partial charge on any atom is 0.329 e. The second kappa shape index (κ2) is 4.70. The number of aromatic nitrogens is 1. The van der Waals surface area contributed by atoms with E-state index in [0.717, 1.165) is 10.2 Å². The van der Waals surface area contributed by atoms with Crippen LogP contribution in [0.25, 0.3) is 10.2 Å². The Bertz CT molecular complexity index is 742. The number of anilines is 1. The molecule has 7 heteroatoms. The number of benzene rings is 1. The van der Waals surface area contributed by atoms with Gasteiger partial charge in [0.15, 0.2) is 5.13 Å². The fourth-order valence-corrected chi connectivity index (χ4v) is 3.52. The number of carboxylic acid groups (broad SMARTS) is 1. The van der Waals surface area contributed by atoms with Crippen molar-refractivity contribution in [2.75, 3.05) is 12.3 Å². The molecule has 0 spiro atoms. The molecule has 110 valence electrons. The molecule has 1 aliphatic heterocycles. The molecule has 1 saturated heterocycles. The molecule has 2 aromatic rings. The lowest BCUT2D eigenvalue weighted by Gasteiger charge is -2.31. The second-order valence-corrected chi connectivity index (χ2v) is 6.44.